The maximum absolute atomic E-state index is 3.83. The van der Waals surface area contributed by atoms with E-state index in [0.717, 1.165) is 12.3 Å². The molecule has 1 nitrogen and oxygen atoms in total. The van der Waals surface area contributed by atoms with Gasteiger partial charge in [-0.15, -0.1) is 6.58 Å². The van der Waals surface area contributed by atoms with E-state index in [-0.39, 0.29) is 0 Å². The van der Waals surface area contributed by atoms with Crippen molar-refractivity contribution < 1.29 is 0 Å². The van der Waals surface area contributed by atoms with Crippen LogP contribution in [0.1, 0.15) is 31.4 Å². The van der Waals surface area contributed by atoms with E-state index in [0.29, 0.717) is 6.04 Å². The molecule has 2 atom stereocenters. The lowest BCUT2D eigenvalue weighted by molar-refractivity contribution is 0.253. The van der Waals surface area contributed by atoms with Crippen LogP contribution >= 0.6 is 0 Å². The van der Waals surface area contributed by atoms with E-state index >= 15 is 0 Å². The molecule has 0 spiro atoms. The molecular formula is C15H21N. The van der Waals surface area contributed by atoms with Crippen molar-refractivity contribution in [3.63, 3.8) is 0 Å². The van der Waals surface area contributed by atoms with Gasteiger partial charge in [-0.1, -0.05) is 36.4 Å². The zero-order chi connectivity index (χ0) is 11.4. The van der Waals surface area contributed by atoms with Crippen LogP contribution < -0.4 is 0 Å². The molecule has 1 aliphatic heterocycles. The summed E-state index contributed by atoms with van der Waals surface area (Å²) in [6, 6.07) is 11.3. The third-order valence-corrected chi connectivity index (χ3v) is 3.65. The van der Waals surface area contributed by atoms with Gasteiger partial charge in [0.05, 0.1) is 0 Å². The SMILES string of the molecule is C=CCC1CCN(C(C)c2ccccc2)C1. The van der Waals surface area contributed by atoms with Crippen molar-refractivity contribution in [1.29, 1.82) is 0 Å². The minimum atomic E-state index is 0.552. The van der Waals surface area contributed by atoms with E-state index < -0.39 is 0 Å². The van der Waals surface area contributed by atoms with Crippen LogP contribution in [0, 0.1) is 5.92 Å². The van der Waals surface area contributed by atoms with Crippen LogP contribution in [-0.2, 0) is 0 Å². The van der Waals surface area contributed by atoms with E-state index in [9.17, 15) is 0 Å². The lowest BCUT2D eigenvalue weighted by atomic mass is 10.1. The van der Waals surface area contributed by atoms with Gasteiger partial charge in [-0.3, -0.25) is 4.90 Å². The van der Waals surface area contributed by atoms with E-state index in [4.69, 9.17) is 0 Å². The maximum Gasteiger partial charge on any atom is 0.0319 e. The highest BCUT2D eigenvalue weighted by molar-refractivity contribution is 5.18. The summed E-state index contributed by atoms with van der Waals surface area (Å²) in [5.74, 6) is 0.823. The van der Waals surface area contributed by atoms with Gasteiger partial charge in [-0.05, 0) is 37.8 Å². The molecule has 16 heavy (non-hydrogen) atoms. The van der Waals surface area contributed by atoms with Crippen LogP contribution in [0.25, 0.3) is 0 Å². The predicted octanol–water partition coefficient (Wildman–Crippen LogP) is 3.65. The molecule has 1 aromatic rings. The topological polar surface area (TPSA) is 3.24 Å². The smallest absolute Gasteiger partial charge is 0.0319 e. The molecule has 1 fully saturated rings. The maximum atomic E-state index is 3.83. The van der Waals surface area contributed by atoms with Gasteiger partial charge in [-0.25, -0.2) is 0 Å². The first-order chi connectivity index (χ1) is 7.81. The largest absolute Gasteiger partial charge is 0.296 e. The molecule has 0 N–H and O–H groups in total. The Morgan fingerprint density at radius 1 is 1.44 bits per heavy atom. The van der Waals surface area contributed by atoms with Gasteiger partial charge in [-0.2, -0.15) is 0 Å². The number of nitrogens with zero attached hydrogens (tertiary/aromatic N) is 1. The lowest BCUT2D eigenvalue weighted by Gasteiger charge is -2.24. The van der Waals surface area contributed by atoms with Crippen LogP contribution in [0.2, 0.25) is 0 Å². The molecule has 2 unspecified atom stereocenters. The quantitative estimate of drug-likeness (QED) is 0.693. The van der Waals surface area contributed by atoms with Crippen molar-refractivity contribution in [3.05, 3.63) is 48.6 Å². The van der Waals surface area contributed by atoms with Crippen molar-refractivity contribution >= 4 is 0 Å². The fraction of sp³-hybridized carbons (Fsp3) is 0.467. The van der Waals surface area contributed by atoms with E-state index in [1.54, 1.807) is 0 Å². The molecule has 0 amide bonds. The van der Waals surface area contributed by atoms with Crippen LogP contribution in [0.15, 0.2) is 43.0 Å². The Kier molecular flexibility index (Phi) is 3.79. The van der Waals surface area contributed by atoms with Gasteiger partial charge in [0, 0.05) is 12.6 Å². The van der Waals surface area contributed by atoms with Crippen molar-refractivity contribution in [3.8, 4) is 0 Å². The van der Waals surface area contributed by atoms with Gasteiger partial charge in [0.1, 0.15) is 0 Å². The first kappa shape index (κ1) is 11.4. The minimum absolute atomic E-state index is 0.552. The Hall–Kier alpha value is -1.08. The number of rotatable bonds is 4. The Morgan fingerprint density at radius 2 is 2.19 bits per heavy atom. The molecule has 1 heterocycles. The highest BCUT2D eigenvalue weighted by Gasteiger charge is 2.25. The molecule has 1 saturated heterocycles. The molecular weight excluding hydrogens is 194 g/mol. The Bertz CT molecular complexity index is 331. The first-order valence-electron chi connectivity index (χ1n) is 6.21. The number of likely N-dealkylation sites (tertiary alicyclic amines) is 1. The number of hydrogen-bond acceptors (Lipinski definition) is 1. The van der Waals surface area contributed by atoms with Crippen molar-refractivity contribution in [2.24, 2.45) is 5.92 Å². The average molecular weight is 215 g/mol. The van der Waals surface area contributed by atoms with Crippen molar-refractivity contribution in [2.75, 3.05) is 13.1 Å². The van der Waals surface area contributed by atoms with Crippen molar-refractivity contribution in [2.45, 2.75) is 25.8 Å². The normalized spacial score (nSPS) is 23.2. The first-order valence-corrected chi connectivity index (χ1v) is 6.21. The second-order valence-electron chi connectivity index (χ2n) is 4.76. The van der Waals surface area contributed by atoms with Crippen LogP contribution in [0.5, 0.6) is 0 Å². The van der Waals surface area contributed by atoms with Crippen LogP contribution in [0.4, 0.5) is 0 Å². The van der Waals surface area contributed by atoms with Crippen LogP contribution in [0.3, 0.4) is 0 Å². The van der Waals surface area contributed by atoms with Gasteiger partial charge >= 0.3 is 0 Å². The van der Waals surface area contributed by atoms with E-state index in [2.05, 4.69) is 54.8 Å². The minimum Gasteiger partial charge on any atom is -0.296 e. The predicted molar refractivity (Wildman–Crippen MR) is 69.4 cm³/mol. The summed E-state index contributed by atoms with van der Waals surface area (Å²) in [5, 5.41) is 0. The molecule has 1 heteroatoms. The summed E-state index contributed by atoms with van der Waals surface area (Å²) in [4.78, 5) is 2.59. The molecule has 0 saturated carbocycles. The molecule has 0 aromatic heterocycles. The van der Waals surface area contributed by atoms with Crippen LogP contribution in [-0.4, -0.2) is 18.0 Å². The summed E-state index contributed by atoms with van der Waals surface area (Å²) >= 11 is 0. The van der Waals surface area contributed by atoms with Gasteiger partial charge in [0.15, 0.2) is 0 Å². The Morgan fingerprint density at radius 3 is 2.88 bits per heavy atom. The third-order valence-electron chi connectivity index (χ3n) is 3.65. The molecule has 0 aliphatic carbocycles. The average Bonchev–Trinajstić information content (AvgIpc) is 2.78. The number of benzene rings is 1. The fourth-order valence-electron chi connectivity index (χ4n) is 2.58. The summed E-state index contributed by atoms with van der Waals surface area (Å²) in [7, 11) is 0. The molecule has 0 radical (unpaired) electrons. The zero-order valence-corrected chi connectivity index (χ0v) is 10.1. The fourth-order valence-corrected chi connectivity index (χ4v) is 2.58. The molecule has 2 rings (SSSR count). The molecule has 1 aromatic carbocycles. The summed E-state index contributed by atoms with van der Waals surface area (Å²) in [5.41, 5.74) is 1.43. The zero-order valence-electron chi connectivity index (χ0n) is 10.1. The number of hydrogen-bond donors (Lipinski definition) is 0. The summed E-state index contributed by atoms with van der Waals surface area (Å²) < 4.78 is 0. The van der Waals surface area contributed by atoms with E-state index in [1.807, 2.05) is 0 Å². The van der Waals surface area contributed by atoms with E-state index in [1.165, 1.54) is 25.1 Å². The lowest BCUT2D eigenvalue weighted by Crippen LogP contribution is -2.24. The third kappa shape index (κ3) is 2.53. The van der Waals surface area contributed by atoms with Gasteiger partial charge < -0.3 is 0 Å². The molecule has 86 valence electrons. The molecule has 1 aliphatic rings. The highest BCUT2D eigenvalue weighted by Crippen LogP contribution is 2.28. The number of allylic oxidation sites excluding steroid dienone is 1. The summed E-state index contributed by atoms with van der Waals surface area (Å²) in [6.07, 6.45) is 4.54. The summed E-state index contributed by atoms with van der Waals surface area (Å²) in [6.45, 7) is 8.60. The second-order valence-corrected chi connectivity index (χ2v) is 4.76. The standard InChI is InChI=1S/C15H21N/c1-3-7-14-10-11-16(12-14)13(2)15-8-5-4-6-9-15/h3-6,8-9,13-14H,1,7,10-12H2,2H3. The van der Waals surface area contributed by atoms with Crippen molar-refractivity contribution in [1.82, 2.24) is 4.90 Å². The van der Waals surface area contributed by atoms with Gasteiger partial charge in [0.2, 0.25) is 0 Å². The highest BCUT2D eigenvalue weighted by atomic mass is 15.2. The Labute approximate surface area is 98.8 Å². The monoisotopic (exact) mass is 215 g/mol. The second kappa shape index (κ2) is 5.31. The van der Waals surface area contributed by atoms with Gasteiger partial charge in [0.25, 0.3) is 0 Å². The molecule has 0 bridgehead atoms. The Balaban J connectivity index is 1.97.